The highest BCUT2D eigenvalue weighted by Gasteiger charge is 2.50. The Morgan fingerprint density at radius 2 is 1.68 bits per heavy atom. The number of hydrazine groups is 1. The Morgan fingerprint density at radius 1 is 0.875 bits per heavy atom. The number of aromatic nitrogens is 4. The van der Waals surface area contributed by atoms with E-state index in [9.17, 15) is 29.2 Å². The van der Waals surface area contributed by atoms with E-state index in [1.807, 2.05) is 72.5 Å². The predicted molar refractivity (Wildman–Crippen MR) is 270 cm³/mol. The van der Waals surface area contributed by atoms with Crippen molar-refractivity contribution in [3.63, 3.8) is 0 Å². The van der Waals surface area contributed by atoms with Crippen LogP contribution in [0.5, 0.6) is 5.88 Å². The average Bonchev–Trinajstić information content (AvgIpc) is 3.41. The van der Waals surface area contributed by atoms with Crippen LogP contribution in [0.4, 0.5) is 5.69 Å². The first kappa shape index (κ1) is 48.6. The minimum Gasteiger partial charge on any atom is -0.477 e. The molecule has 374 valence electrons. The number of nitriles is 1. The van der Waals surface area contributed by atoms with Crippen molar-refractivity contribution in [3.05, 3.63) is 113 Å². The van der Waals surface area contributed by atoms with Gasteiger partial charge in [0.2, 0.25) is 17.7 Å². The second kappa shape index (κ2) is 21.0. The zero-order valence-electron chi connectivity index (χ0n) is 40.8. The van der Waals surface area contributed by atoms with Crippen LogP contribution >= 0.6 is 0 Å². The van der Waals surface area contributed by atoms with Gasteiger partial charge in [0, 0.05) is 87.2 Å². The molecule has 18 nitrogen and oxygen atoms in total. The third-order valence-electron chi connectivity index (χ3n) is 15.6. The smallest absolute Gasteiger partial charge is 0.275 e. The maximum atomic E-state index is 13.6. The van der Waals surface area contributed by atoms with Crippen LogP contribution in [0.3, 0.4) is 0 Å². The van der Waals surface area contributed by atoms with E-state index < -0.39 is 22.9 Å². The topological polar surface area (TPSA) is 211 Å². The molecule has 18 heteroatoms. The molecule has 0 saturated carbocycles. The number of amides is 4. The van der Waals surface area contributed by atoms with Gasteiger partial charge in [0.1, 0.15) is 11.5 Å². The number of allylic oxidation sites excluding steroid dienone is 3. The summed E-state index contributed by atoms with van der Waals surface area (Å²) in [5.41, 5.74) is 7.21. The van der Waals surface area contributed by atoms with Crippen LogP contribution in [-0.4, -0.2) is 136 Å². The molecule has 4 aromatic rings. The Morgan fingerprint density at radius 3 is 2.42 bits per heavy atom. The number of nitrogens with one attached hydrogen (secondary N) is 3. The fourth-order valence-corrected chi connectivity index (χ4v) is 11.3. The van der Waals surface area contributed by atoms with Gasteiger partial charge >= 0.3 is 0 Å². The van der Waals surface area contributed by atoms with Crippen molar-refractivity contribution in [1.82, 2.24) is 50.6 Å². The van der Waals surface area contributed by atoms with Crippen LogP contribution in [0, 0.1) is 35.5 Å². The van der Waals surface area contributed by atoms with Crippen molar-refractivity contribution in [2.75, 3.05) is 77.0 Å². The molecule has 3 atom stereocenters. The lowest BCUT2D eigenvalue weighted by atomic mass is 9.64. The highest BCUT2D eigenvalue weighted by atomic mass is 16.5. The summed E-state index contributed by atoms with van der Waals surface area (Å²) in [6.45, 7) is 10.5. The van der Waals surface area contributed by atoms with E-state index in [4.69, 9.17) is 9.72 Å². The number of aryl methyl sites for hydroxylation is 1. The zero-order chi connectivity index (χ0) is 49.8. The summed E-state index contributed by atoms with van der Waals surface area (Å²) in [6.07, 6.45) is 18.0. The second-order valence-corrected chi connectivity index (χ2v) is 20.3. The number of benzene rings is 2. The van der Waals surface area contributed by atoms with Crippen LogP contribution in [0.15, 0.2) is 96.0 Å². The Bertz CT molecular complexity index is 2920. The van der Waals surface area contributed by atoms with Gasteiger partial charge < -0.3 is 14.5 Å². The van der Waals surface area contributed by atoms with Gasteiger partial charge in [-0.1, -0.05) is 54.6 Å². The summed E-state index contributed by atoms with van der Waals surface area (Å²) < 4.78 is 7.50. The van der Waals surface area contributed by atoms with Crippen molar-refractivity contribution < 1.29 is 23.9 Å². The van der Waals surface area contributed by atoms with Crippen LogP contribution in [0.1, 0.15) is 62.2 Å². The maximum Gasteiger partial charge on any atom is 0.275 e. The molecule has 1 aliphatic carbocycles. The first-order valence-corrected chi connectivity index (χ1v) is 25.4. The first-order chi connectivity index (χ1) is 35.0. The molecule has 72 heavy (non-hydrogen) atoms. The largest absolute Gasteiger partial charge is 0.477 e. The number of hydrogen-bond donors (Lipinski definition) is 3. The number of rotatable bonds is 13. The Balaban J connectivity index is 0.651. The molecule has 6 aliphatic rings. The summed E-state index contributed by atoms with van der Waals surface area (Å²) in [6, 6.07) is 17.4. The van der Waals surface area contributed by atoms with Gasteiger partial charge in [-0.2, -0.15) is 15.3 Å². The van der Waals surface area contributed by atoms with Gasteiger partial charge in [0.25, 0.3) is 17.4 Å². The minimum absolute atomic E-state index is 0.175. The van der Waals surface area contributed by atoms with Gasteiger partial charge in [-0.05, 0) is 101 Å². The van der Waals surface area contributed by atoms with E-state index in [1.54, 1.807) is 18.3 Å². The van der Waals surface area contributed by atoms with Gasteiger partial charge in [-0.15, -0.1) is 0 Å². The molecular weight excluding hydrogens is 913 g/mol. The molecule has 4 saturated heterocycles. The van der Waals surface area contributed by atoms with Crippen molar-refractivity contribution >= 4 is 40.1 Å². The molecule has 3 unspecified atom stereocenters. The molecule has 3 N–H and O–H groups in total. The number of hydrogen-bond acceptors (Lipinski definition) is 14. The number of fused-ring (bicyclic) bond motifs is 1. The molecule has 10 rings (SSSR count). The number of ether oxygens (including phenoxy) is 1. The molecule has 4 amide bonds. The molecule has 5 aliphatic heterocycles. The van der Waals surface area contributed by atoms with Crippen LogP contribution in [-0.2, 0) is 25.6 Å². The number of nitrogens with zero attached hydrogens (tertiary/aromatic N) is 9. The first-order valence-electron chi connectivity index (χ1n) is 25.4. The van der Waals surface area contributed by atoms with Crippen molar-refractivity contribution in [2.24, 2.45) is 17.3 Å². The quantitative estimate of drug-likeness (QED) is 0.163. The van der Waals surface area contributed by atoms with Crippen LogP contribution in [0.2, 0.25) is 0 Å². The molecule has 0 spiro atoms. The molecule has 2 aromatic carbocycles. The van der Waals surface area contributed by atoms with Crippen LogP contribution in [0.25, 0.3) is 22.2 Å². The van der Waals surface area contributed by atoms with Gasteiger partial charge in [-0.25, -0.2) is 15.1 Å². The van der Waals surface area contributed by atoms with Gasteiger partial charge in [0.05, 0.1) is 35.8 Å². The normalized spacial score (nSPS) is 24.6. The minimum atomic E-state index is -0.914. The standard InChI is InChI=1S/C54H62N12O6/c1-37-43-9-8-42(31-44(43)52(71)66(60-37)45-10-11-46(67)57-51(45)70)64-24-16-38(17-25-64)33-63-26-28-65(29-27-63)49(69)34-62-22-14-39(15-23-62)35-72-48-13-21-56-50(58-48)41-7-5-6-40(30-41)32-54(20-12-47(68)59-61-54)53(36-55)18-3-2-4-19-53/h2-9,12-13,18,20-21,30-31,38-39,45,61H,10-11,14-17,19,22-29,32-35H2,1H3,(H,59,68)(H,57,67,70). The highest BCUT2D eigenvalue weighted by molar-refractivity contribution is 5.99. The summed E-state index contributed by atoms with van der Waals surface area (Å²) in [7, 11) is 0. The Kier molecular flexibility index (Phi) is 14.1. The maximum absolute atomic E-state index is 13.6. The summed E-state index contributed by atoms with van der Waals surface area (Å²) in [5, 5.41) is 18.5. The average molecular weight is 975 g/mol. The predicted octanol–water partition coefficient (Wildman–Crippen LogP) is 3.79. The van der Waals surface area contributed by atoms with E-state index in [0.717, 1.165) is 107 Å². The highest BCUT2D eigenvalue weighted by Crippen LogP contribution is 2.43. The lowest BCUT2D eigenvalue weighted by Crippen LogP contribution is -2.64. The number of imide groups is 1. The molecule has 7 heterocycles. The number of likely N-dealkylation sites (tertiary alicyclic amines) is 1. The van der Waals surface area contributed by atoms with E-state index in [2.05, 4.69) is 53.1 Å². The lowest BCUT2D eigenvalue weighted by Gasteiger charge is -2.45. The van der Waals surface area contributed by atoms with Crippen molar-refractivity contribution in [3.8, 4) is 23.3 Å². The van der Waals surface area contributed by atoms with E-state index in [1.165, 1.54) is 10.8 Å². The zero-order valence-corrected chi connectivity index (χ0v) is 40.8. The molecule has 0 radical (unpaired) electrons. The van der Waals surface area contributed by atoms with Gasteiger partial charge in [0.15, 0.2) is 5.82 Å². The van der Waals surface area contributed by atoms with Crippen LogP contribution < -0.4 is 31.4 Å². The number of carbonyl (C=O) groups is 4. The number of carbonyl (C=O) groups excluding carboxylic acids is 4. The third kappa shape index (κ3) is 10.3. The van der Waals surface area contributed by atoms with E-state index in [-0.39, 0.29) is 36.1 Å². The van der Waals surface area contributed by atoms with E-state index in [0.29, 0.717) is 60.6 Å². The molecule has 4 fully saturated rings. The van der Waals surface area contributed by atoms with E-state index >= 15 is 0 Å². The Labute approximate surface area is 418 Å². The second-order valence-electron chi connectivity index (χ2n) is 20.3. The fraction of sp³-hybridized carbons (Fsp3) is 0.463. The SMILES string of the molecule is Cc1nn(C2CCC(=O)NC2=O)c(=O)c2cc(N3CCC(CN4CCN(C(=O)CN5CCC(COc6ccnc(-c7cccc(CC8(C9(C#N)C=CC=CC9)C=CC(=O)NN8)c7)n6)CC5)CC4)CC3)ccc12. The summed E-state index contributed by atoms with van der Waals surface area (Å²) >= 11 is 0. The summed E-state index contributed by atoms with van der Waals surface area (Å²) in [4.78, 5) is 82.1. The number of piperidine rings is 3. The number of piperazine rings is 1. The molecule has 2 aromatic heterocycles. The summed E-state index contributed by atoms with van der Waals surface area (Å²) in [5.74, 6) is 1.05. The van der Waals surface area contributed by atoms with Crippen molar-refractivity contribution in [1.29, 1.82) is 5.26 Å². The fourth-order valence-electron chi connectivity index (χ4n) is 11.3. The van der Waals surface area contributed by atoms with Crippen molar-refractivity contribution in [2.45, 2.75) is 69.9 Å². The molecule has 0 bridgehead atoms. The van der Waals surface area contributed by atoms with Gasteiger partial charge in [-0.3, -0.25) is 44.5 Å². The molecular formula is C54H62N12O6. The Hall–Kier alpha value is -7.07. The third-order valence-corrected chi connectivity index (χ3v) is 15.6. The lowest BCUT2D eigenvalue weighted by molar-refractivity contribution is -0.136. The monoisotopic (exact) mass is 974 g/mol. The number of anilines is 1.